The number of methoxy groups -OCH3 is 1. The van der Waals surface area contributed by atoms with E-state index in [9.17, 15) is 14.7 Å². The molecule has 0 saturated carbocycles. The molecule has 1 aromatic rings. The number of carbonyl (C=O) groups is 2. The Morgan fingerprint density at radius 3 is 2.68 bits per heavy atom. The molecule has 31 heavy (non-hydrogen) atoms. The number of phenolic OH excluding ortho intramolecular Hbond substituents is 1. The number of rotatable bonds is 13. The van der Waals surface area contributed by atoms with E-state index in [0.29, 0.717) is 18.6 Å². The monoisotopic (exact) mass is 426 g/mol. The summed E-state index contributed by atoms with van der Waals surface area (Å²) in [5.41, 5.74) is 8.35. The lowest BCUT2D eigenvalue weighted by Crippen LogP contribution is -2.33. The fourth-order valence-corrected chi connectivity index (χ4v) is 3.41. The second kappa shape index (κ2) is 12.7. The Morgan fingerprint density at radius 1 is 1.23 bits per heavy atom. The Morgan fingerprint density at radius 2 is 2.00 bits per heavy atom. The molecule has 1 aliphatic heterocycles. The van der Waals surface area contributed by atoms with Gasteiger partial charge in [0, 0.05) is 12.6 Å². The standard InChI is InChI=1S/C25H34N2O4/c1-3-4-5-6-7-8-21(28)16-22(29)11-10-19-15-24(31-2)23(30)14-20(19)13-18-9-12-25(26)27-17-18/h9-12,14-15,17,25,27,30H,3-8,13,16,26H2,1-2H3. The minimum absolute atomic E-state index is 0.0189. The first-order chi connectivity index (χ1) is 14.9. The number of Topliss-reactive ketones (excluding diaryl/α,β-unsaturated/α-hetero) is 1. The van der Waals surface area contributed by atoms with Gasteiger partial charge in [0.1, 0.15) is 5.78 Å². The minimum atomic E-state index is -0.221. The van der Waals surface area contributed by atoms with Crippen molar-refractivity contribution in [3.63, 3.8) is 0 Å². The molecule has 0 aliphatic carbocycles. The molecule has 6 heteroatoms. The number of ether oxygens (including phenoxy) is 1. The van der Waals surface area contributed by atoms with Crippen LogP contribution in [0.4, 0.5) is 0 Å². The van der Waals surface area contributed by atoms with Crippen molar-refractivity contribution in [2.75, 3.05) is 7.11 Å². The van der Waals surface area contributed by atoms with Gasteiger partial charge in [-0.05, 0) is 53.8 Å². The minimum Gasteiger partial charge on any atom is -0.504 e. The highest BCUT2D eigenvalue weighted by molar-refractivity contribution is 6.06. The molecule has 1 heterocycles. The zero-order valence-electron chi connectivity index (χ0n) is 18.5. The van der Waals surface area contributed by atoms with Gasteiger partial charge in [-0.15, -0.1) is 0 Å². The number of phenols is 1. The first-order valence-corrected chi connectivity index (χ1v) is 10.9. The maximum atomic E-state index is 12.3. The number of nitrogens with one attached hydrogen (secondary N) is 1. The maximum absolute atomic E-state index is 12.3. The fraction of sp³-hybridized carbons (Fsp3) is 0.440. The topological polar surface area (TPSA) is 102 Å². The number of ketones is 2. The number of carbonyl (C=O) groups excluding carboxylic acids is 2. The normalized spacial score (nSPS) is 15.6. The molecule has 1 unspecified atom stereocenters. The van der Waals surface area contributed by atoms with Crippen LogP contribution >= 0.6 is 0 Å². The second-order valence-electron chi connectivity index (χ2n) is 7.85. The zero-order valence-corrected chi connectivity index (χ0v) is 18.5. The first-order valence-electron chi connectivity index (χ1n) is 10.9. The number of hydrogen-bond donors (Lipinski definition) is 3. The molecule has 0 amide bonds. The van der Waals surface area contributed by atoms with Gasteiger partial charge >= 0.3 is 0 Å². The fourth-order valence-electron chi connectivity index (χ4n) is 3.41. The van der Waals surface area contributed by atoms with Gasteiger partial charge in [0.25, 0.3) is 0 Å². The van der Waals surface area contributed by atoms with E-state index in [1.807, 2.05) is 18.4 Å². The number of dihydropyridines is 1. The van der Waals surface area contributed by atoms with Crippen LogP contribution in [0.1, 0.15) is 63.0 Å². The molecule has 1 aliphatic rings. The zero-order chi connectivity index (χ0) is 22.6. The van der Waals surface area contributed by atoms with E-state index in [-0.39, 0.29) is 29.9 Å². The highest BCUT2D eigenvalue weighted by atomic mass is 16.5. The molecule has 1 aromatic carbocycles. The number of nitrogens with two attached hydrogens (primary N) is 1. The predicted molar refractivity (Wildman–Crippen MR) is 124 cm³/mol. The molecule has 0 aromatic heterocycles. The summed E-state index contributed by atoms with van der Waals surface area (Å²) < 4.78 is 5.21. The van der Waals surface area contributed by atoms with E-state index in [1.165, 1.54) is 26.0 Å². The van der Waals surface area contributed by atoms with Crippen molar-refractivity contribution in [2.45, 2.75) is 64.5 Å². The lowest BCUT2D eigenvalue weighted by Gasteiger charge is -2.16. The quantitative estimate of drug-likeness (QED) is 0.249. The van der Waals surface area contributed by atoms with Crippen molar-refractivity contribution in [3.8, 4) is 11.5 Å². The molecule has 4 N–H and O–H groups in total. The third-order valence-electron chi connectivity index (χ3n) is 5.19. The number of aromatic hydroxyl groups is 1. The molecule has 1 atom stereocenters. The molecule has 0 spiro atoms. The average molecular weight is 427 g/mol. The van der Waals surface area contributed by atoms with E-state index >= 15 is 0 Å². The van der Waals surface area contributed by atoms with Crippen molar-refractivity contribution in [1.82, 2.24) is 5.32 Å². The molecule has 0 fully saturated rings. The van der Waals surface area contributed by atoms with Crippen LogP contribution in [-0.2, 0) is 16.0 Å². The average Bonchev–Trinajstić information content (AvgIpc) is 2.74. The second-order valence-corrected chi connectivity index (χ2v) is 7.85. The number of benzene rings is 1. The number of allylic oxidation sites excluding steroid dienone is 3. The third kappa shape index (κ3) is 8.42. The van der Waals surface area contributed by atoms with Gasteiger partial charge in [0.05, 0.1) is 19.7 Å². The summed E-state index contributed by atoms with van der Waals surface area (Å²) in [6.07, 6.45) is 14.8. The van der Waals surface area contributed by atoms with Crippen LogP contribution in [0.5, 0.6) is 11.5 Å². The molecule has 0 radical (unpaired) electrons. The van der Waals surface area contributed by atoms with Gasteiger partial charge in [0.15, 0.2) is 17.3 Å². The van der Waals surface area contributed by atoms with E-state index < -0.39 is 0 Å². The number of unbranched alkanes of at least 4 members (excludes halogenated alkanes) is 4. The lowest BCUT2D eigenvalue weighted by molar-refractivity contribution is -0.124. The van der Waals surface area contributed by atoms with E-state index in [2.05, 4.69) is 12.2 Å². The summed E-state index contributed by atoms with van der Waals surface area (Å²) in [5, 5.41) is 13.2. The van der Waals surface area contributed by atoms with Crippen LogP contribution in [0.15, 0.2) is 42.1 Å². The summed E-state index contributed by atoms with van der Waals surface area (Å²) in [7, 11) is 1.48. The summed E-state index contributed by atoms with van der Waals surface area (Å²) in [6, 6.07) is 3.32. The van der Waals surface area contributed by atoms with Crippen LogP contribution in [0.25, 0.3) is 6.08 Å². The summed E-state index contributed by atoms with van der Waals surface area (Å²) in [5.74, 6) is 0.118. The molecular weight excluding hydrogens is 392 g/mol. The van der Waals surface area contributed by atoms with E-state index in [4.69, 9.17) is 10.5 Å². The summed E-state index contributed by atoms with van der Waals surface area (Å²) >= 11 is 0. The Hall–Kier alpha value is -2.86. The van der Waals surface area contributed by atoms with Crippen LogP contribution < -0.4 is 15.8 Å². The molecule has 0 saturated heterocycles. The van der Waals surface area contributed by atoms with Crippen LogP contribution in [0.3, 0.4) is 0 Å². The van der Waals surface area contributed by atoms with Gasteiger partial charge in [-0.3, -0.25) is 9.59 Å². The van der Waals surface area contributed by atoms with Gasteiger partial charge < -0.3 is 20.9 Å². The van der Waals surface area contributed by atoms with Gasteiger partial charge in [-0.1, -0.05) is 44.8 Å². The molecule has 0 bridgehead atoms. The smallest absolute Gasteiger partial charge is 0.163 e. The first kappa shape index (κ1) is 24.4. The highest BCUT2D eigenvalue weighted by Crippen LogP contribution is 2.31. The van der Waals surface area contributed by atoms with Crippen molar-refractivity contribution < 1.29 is 19.4 Å². The van der Waals surface area contributed by atoms with Gasteiger partial charge in [-0.2, -0.15) is 0 Å². The Labute approximate surface area is 184 Å². The molecular formula is C25H34N2O4. The predicted octanol–water partition coefficient (Wildman–Crippen LogP) is 4.17. The SMILES string of the molecule is CCCCCCCC(=O)CC(=O)C=Cc1cc(OC)c(O)cc1CC1=CNC(N)C=C1. The Balaban J connectivity index is 2.03. The molecule has 2 rings (SSSR count). The molecule has 168 valence electrons. The van der Waals surface area contributed by atoms with Crippen LogP contribution in [0, 0.1) is 0 Å². The Bertz CT molecular complexity index is 855. The third-order valence-corrected chi connectivity index (χ3v) is 5.19. The number of hydrogen-bond acceptors (Lipinski definition) is 6. The van der Waals surface area contributed by atoms with E-state index in [0.717, 1.165) is 36.0 Å². The molecule has 6 nitrogen and oxygen atoms in total. The highest BCUT2D eigenvalue weighted by Gasteiger charge is 2.12. The lowest BCUT2D eigenvalue weighted by atomic mass is 9.97. The van der Waals surface area contributed by atoms with Crippen LogP contribution in [-0.4, -0.2) is 29.9 Å². The van der Waals surface area contributed by atoms with Gasteiger partial charge in [0.2, 0.25) is 0 Å². The summed E-state index contributed by atoms with van der Waals surface area (Å²) in [4.78, 5) is 24.3. The van der Waals surface area contributed by atoms with Gasteiger partial charge in [-0.25, -0.2) is 0 Å². The van der Waals surface area contributed by atoms with Crippen molar-refractivity contribution in [3.05, 3.63) is 53.3 Å². The van der Waals surface area contributed by atoms with Crippen LogP contribution in [0.2, 0.25) is 0 Å². The van der Waals surface area contributed by atoms with Crippen molar-refractivity contribution in [2.24, 2.45) is 5.73 Å². The van der Waals surface area contributed by atoms with Crippen molar-refractivity contribution in [1.29, 1.82) is 0 Å². The largest absolute Gasteiger partial charge is 0.504 e. The van der Waals surface area contributed by atoms with Crippen molar-refractivity contribution >= 4 is 17.6 Å². The Kier molecular flexibility index (Phi) is 10.0. The summed E-state index contributed by atoms with van der Waals surface area (Å²) in [6.45, 7) is 2.15. The maximum Gasteiger partial charge on any atom is 0.163 e. The van der Waals surface area contributed by atoms with E-state index in [1.54, 1.807) is 18.2 Å².